The molecule has 0 spiro atoms. The molecule has 1 nitrogen and oxygen atoms in total. The first kappa shape index (κ1) is 11.6. The molecule has 17 heavy (non-hydrogen) atoms. The molecule has 0 heterocycles. The quantitative estimate of drug-likeness (QED) is 0.697. The van der Waals surface area contributed by atoms with E-state index in [1.54, 1.807) is 36.4 Å². The highest BCUT2D eigenvalue weighted by atomic mass is 35.5. The van der Waals surface area contributed by atoms with Gasteiger partial charge in [-0.2, -0.15) is 5.26 Å². The molecule has 0 atom stereocenters. The van der Waals surface area contributed by atoms with Crippen LogP contribution < -0.4 is 0 Å². The number of nitriles is 1. The van der Waals surface area contributed by atoms with Gasteiger partial charge in [0, 0.05) is 0 Å². The minimum atomic E-state index is -0.908. The van der Waals surface area contributed by atoms with Gasteiger partial charge in [0.25, 0.3) is 0 Å². The number of hydrogen-bond donors (Lipinski definition) is 0. The lowest BCUT2D eigenvalue weighted by Crippen LogP contribution is -1.94. The van der Waals surface area contributed by atoms with E-state index in [-0.39, 0.29) is 16.1 Å². The van der Waals surface area contributed by atoms with Crippen LogP contribution in [-0.4, -0.2) is 0 Å². The standard InChI is InChI=1S/C13H6ClF2N/c14-12-9(7-17)6-10(15)11(13(12)16)8-4-2-1-3-5-8/h1-6H. The van der Waals surface area contributed by atoms with Gasteiger partial charge in [-0.15, -0.1) is 0 Å². The maximum atomic E-state index is 13.9. The van der Waals surface area contributed by atoms with E-state index in [4.69, 9.17) is 16.9 Å². The predicted octanol–water partition coefficient (Wildman–Crippen LogP) is 4.16. The van der Waals surface area contributed by atoms with E-state index in [2.05, 4.69) is 0 Å². The van der Waals surface area contributed by atoms with Crippen molar-refractivity contribution in [2.24, 2.45) is 0 Å². The third-order valence-electron chi connectivity index (χ3n) is 2.34. The molecular formula is C13H6ClF2N. The zero-order valence-corrected chi connectivity index (χ0v) is 9.30. The van der Waals surface area contributed by atoms with Gasteiger partial charge in [0.15, 0.2) is 5.82 Å². The van der Waals surface area contributed by atoms with E-state index in [9.17, 15) is 8.78 Å². The van der Waals surface area contributed by atoms with Crippen molar-refractivity contribution >= 4 is 11.6 Å². The summed E-state index contributed by atoms with van der Waals surface area (Å²) < 4.78 is 27.6. The number of benzene rings is 2. The predicted molar refractivity (Wildman–Crippen MR) is 61.5 cm³/mol. The van der Waals surface area contributed by atoms with Gasteiger partial charge in [0.1, 0.15) is 11.9 Å². The molecule has 0 bridgehead atoms. The van der Waals surface area contributed by atoms with E-state index in [0.717, 1.165) is 6.07 Å². The summed E-state index contributed by atoms with van der Waals surface area (Å²) in [6.07, 6.45) is 0. The number of halogens is 3. The number of hydrogen-bond acceptors (Lipinski definition) is 1. The van der Waals surface area contributed by atoms with Crippen LogP contribution in [0.15, 0.2) is 36.4 Å². The van der Waals surface area contributed by atoms with Crippen LogP contribution >= 0.6 is 11.6 Å². The summed E-state index contributed by atoms with van der Waals surface area (Å²) in [5.41, 5.74) is -0.0372. The van der Waals surface area contributed by atoms with Gasteiger partial charge in [-0.3, -0.25) is 0 Å². The zero-order valence-electron chi connectivity index (χ0n) is 8.55. The van der Waals surface area contributed by atoms with Crippen molar-refractivity contribution in [1.29, 1.82) is 5.26 Å². The average Bonchev–Trinajstić information content (AvgIpc) is 2.35. The minimum Gasteiger partial charge on any atom is -0.206 e. The molecule has 0 fully saturated rings. The third-order valence-corrected chi connectivity index (χ3v) is 2.71. The van der Waals surface area contributed by atoms with Gasteiger partial charge >= 0.3 is 0 Å². The topological polar surface area (TPSA) is 23.8 Å². The van der Waals surface area contributed by atoms with Crippen LogP contribution in [0.3, 0.4) is 0 Å². The normalized spacial score (nSPS) is 10.0. The van der Waals surface area contributed by atoms with Crippen molar-refractivity contribution in [1.82, 2.24) is 0 Å². The Labute approximate surface area is 102 Å². The summed E-state index contributed by atoms with van der Waals surface area (Å²) >= 11 is 5.66. The molecule has 2 rings (SSSR count). The van der Waals surface area contributed by atoms with Gasteiger partial charge in [-0.25, -0.2) is 8.78 Å². The molecule has 0 radical (unpaired) electrons. The largest absolute Gasteiger partial charge is 0.206 e. The van der Waals surface area contributed by atoms with Gasteiger partial charge in [0.05, 0.1) is 16.1 Å². The second kappa shape index (κ2) is 4.52. The van der Waals surface area contributed by atoms with Gasteiger partial charge in [-0.1, -0.05) is 41.9 Å². The molecule has 0 aromatic heterocycles. The number of nitrogens with zero attached hydrogens (tertiary/aromatic N) is 1. The second-order valence-electron chi connectivity index (χ2n) is 3.39. The molecule has 0 aliphatic carbocycles. The fourth-order valence-corrected chi connectivity index (χ4v) is 1.74. The summed E-state index contributed by atoms with van der Waals surface area (Å²) in [7, 11) is 0. The van der Waals surface area contributed by atoms with E-state index in [1.165, 1.54) is 0 Å². The Morgan fingerprint density at radius 2 is 1.76 bits per heavy atom. The van der Waals surface area contributed by atoms with E-state index < -0.39 is 11.6 Å². The van der Waals surface area contributed by atoms with Crippen molar-refractivity contribution in [3.05, 3.63) is 58.6 Å². The zero-order chi connectivity index (χ0) is 12.4. The highest BCUT2D eigenvalue weighted by Crippen LogP contribution is 2.32. The van der Waals surface area contributed by atoms with Crippen LogP contribution in [-0.2, 0) is 0 Å². The molecule has 2 aromatic rings. The smallest absolute Gasteiger partial charge is 0.153 e. The lowest BCUT2D eigenvalue weighted by molar-refractivity contribution is 0.589. The monoisotopic (exact) mass is 249 g/mol. The Bertz CT molecular complexity index is 603. The van der Waals surface area contributed by atoms with Crippen molar-refractivity contribution in [2.75, 3.05) is 0 Å². The lowest BCUT2D eigenvalue weighted by atomic mass is 10.0. The Morgan fingerprint density at radius 3 is 2.35 bits per heavy atom. The SMILES string of the molecule is N#Cc1cc(F)c(-c2ccccc2)c(F)c1Cl. The van der Waals surface area contributed by atoms with Gasteiger partial charge < -0.3 is 0 Å². The molecule has 0 unspecified atom stereocenters. The first-order valence-corrected chi connectivity index (χ1v) is 5.16. The molecule has 0 N–H and O–H groups in total. The maximum absolute atomic E-state index is 13.9. The maximum Gasteiger partial charge on any atom is 0.153 e. The lowest BCUT2D eigenvalue weighted by Gasteiger charge is -2.07. The van der Waals surface area contributed by atoms with Gasteiger partial charge in [-0.05, 0) is 11.6 Å². The summed E-state index contributed by atoms with van der Waals surface area (Å²) in [5.74, 6) is -1.70. The molecule has 0 amide bonds. The molecule has 0 saturated heterocycles. The second-order valence-corrected chi connectivity index (χ2v) is 3.76. The summed E-state index contributed by atoms with van der Waals surface area (Å²) in [4.78, 5) is 0. The van der Waals surface area contributed by atoms with Crippen molar-refractivity contribution in [2.45, 2.75) is 0 Å². The summed E-state index contributed by atoms with van der Waals surface area (Å²) in [5, 5.41) is 8.31. The highest BCUT2D eigenvalue weighted by molar-refractivity contribution is 6.32. The van der Waals surface area contributed by atoms with E-state index in [0.29, 0.717) is 5.56 Å². The fraction of sp³-hybridized carbons (Fsp3) is 0. The van der Waals surface area contributed by atoms with Crippen molar-refractivity contribution in [3.63, 3.8) is 0 Å². The summed E-state index contributed by atoms with van der Waals surface area (Å²) in [6, 6.07) is 10.8. The van der Waals surface area contributed by atoms with Crippen LogP contribution in [0, 0.1) is 23.0 Å². The first-order chi connectivity index (χ1) is 8.15. The minimum absolute atomic E-state index is 0.207. The van der Waals surface area contributed by atoms with Crippen LogP contribution in [0.25, 0.3) is 11.1 Å². The van der Waals surface area contributed by atoms with E-state index in [1.807, 2.05) is 0 Å². The molecule has 0 aliphatic rings. The Kier molecular flexibility index (Phi) is 3.08. The van der Waals surface area contributed by atoms with E-state index >= 15 is 0 Å². The molecule has 84 valence electrons. The molecular weight excluding hydrogens is 244 g/mol. The van der Waals surface area contributed by atoms with Crippen LogP contribution in [0.1, 0.15) is 5.56 Å². The molecule has 2 aromatic carbocycles. The molecule has 0 aliphatic heterocycles. The third kappa shape index (κ3) is 2.00. The van der Waals surface area contributed by atoms with Crippen LogP contribution in [0.4, 0.5) is 8.78 Å². The summed E-state index contributed by atoms with van der Waals surface area (Å²) in [6.45, 7) is 0. The number of rotatable bonds is 1. The highest BCUT2D eigenvalue weighted by Gasteiger charge is 2.18. The van der Waals surface area contributed by atoms with Crippen molar-refractivity contribution in [3.8, 4) is 17.2 Å². The molecule has 0 saturated carbocycles. The Balaban J connectivity index is 2.73. The first-order valence-electron chi connectivity index (χ1n) is 4.78. The van der Waals surface area contributed by atoms with Crippen molar-refractivity contribution < 1.29 is 8.78 Å². The Morgan fingerprint density at radius 1 is 1.12 bits per heavy atom. The molecule has 4 heteroatoms. The Hall–Kier alpha value is -1.92. The van der Waals surface area contributed by atoms with Crippen LogP contribution in [0.2, 0.25) is 5.02 Å². The fourth-order valence-electron chi connectivity index (χ4n) is 1.55. The van der Waals surface area contributed by atoms with Gasteiger partial charge in [0.2, 0.25) is 0 Å². The average molecular weight is 250 g/mol. The van der Waals surface area contributed by atoms with Crippen LogP contribution in [0.5, 0.6) is 0 Å².